The first-order chi connectivity index (χ1) is 14.5. The minimum atomic E-state index is -2.75. The van der Waals surface area contributed by atoms with E-state index < -0.39 is 73.8 Å². The molecule has 1 aromatic rings. The van der Waals surface area contributed by atoms with Crippen LogP contribution in [0, 0.1) is 0 Å². The second-order valence-corrected chi connectivity index (χ2v) is 6.95. The Morgan fingerprint density at radius 2 is 2.03 bits per heavy atom. The number of carbonyl (C=O) groups excluding carboxylic acids is 2. The molecule has 0 aromatic heterocycles. The van der Waals surface area contributed by atoms with Crippen LogP contribution in [-0.2, 0) is 19.0 Å². The molecule has 9 N–H and O–H groups in total. The lowest BCUT2D eigenvalue weighted by Gasteiger charge is -2.44. The van der Waals surface area contributed by atoms with Crippen molar-refractivity contribution in [2.75, 3.05) is 26.2 Å². The number of phenolic OH excluding ortho intramolecular Hbond substituents is 1. The zero-order chi connectivity index (χ0) is 23.3. The number of benzene rings is 1. The molecular weight excluding hydrogens is 420 g/mol. The number of rotatable bonds is 8. The second kappa shape index (κ2) is 10.2. The first kappa shape index (κ1) is 24.7. The van der Waals surface area contributed by atoms with Gasteiger partial charge in [-0.25, -0.2) is 9.59 Å². The average molecular weight is 446 g/mol. The molecule has 0 bridgehead atoms. The van der Waals surface area contributed by atoms with Crippen LogP contribution < -0.4 is 11.1 Å². The Kier molecular flexibility index (Phi) is 8.14. The van der Waals surface area contributed by atoms with Gasteiger partial charge in [-0.05, 0) is 25.2 Å². The van der Waals surface area contributed by atoms with Gasteiger partial charge in [-0.15, -0.1) is 0 Å². The molecule has 1 aromatic carbocycles. The van der Waals surface area contributed by atoms with E-state index in [0.29, 0.717) is 0 Å². The van der Waals surface area contributed by atoms with Crippen molar-refractivity contribution in [1.82, 2.24) is 5.32 Å². The minimum Gasteiger partial charge on any atom is -0.507 e. The van der Waals surface area contributed by atoms with Crippen LogP contribution in [0.25, 0.3) is 0 Å². The third kappa shape index (κ3) is 5.59. The van der Waals surface area contributed by atoms with Crippen molar-refractivity contribution < 1.29 is 54.4 Å². The monoisotopic (exact) mass is 446 g/mol. The van der Waals surface area contributed by atoms with Gasteiger partial charge in [0.15, 0.2) is 0 Å². The summed E-state index contributed by atoms with van der Waals surface area (Å²) in [6.45, 7) is -1.82. The molecule has 1 fully saturated rings. The highest BCUT2D eigenvalue weighted by molar-refractivity contribution is 5.93. The molecule has 174 valence electrons. The van der Waals surface area contributed by atoms with Gasteiger partial charge in [0.05, 0.1) is 18.8 Å². The molecule has 31 heavy (non-hydrogen) atoms. The standard InChI is InChI=1S/C18H26N2O11/c1-20-13-11(23)5-18(28,31-15(13)14(25)12(24)6-21)17(27)30-7-29-16(26)9-4-8(19)2-3-10(9)22/h2-4,11-15,20-25,28H,5-7,19H2,1H3/t11-,12?,13?,14?,15-,18?/m1/s1. The fraction of sp³-hybridized carbons (Fsp3) is 0.556. The van der Waals surface area contributed by atoms with E-state index in [1.54, 1.807) is 0 Å². The zero-order valence-electron chi connectivity index (χ0n) is 16.5. The number of hydrogen-bond acceptors (Lipinski definition) is 13. The van der Waals surface area contributed by atoms with Crippen molar-refractivity contribution in [1.29, 1.82) is 0 Å². The van der Waals surface area contributed by atoms with Gasteiger partial charge in [0.1, 0.15) is 29.6 Å². The Morgan fingerprint density at radius 3 is 2.65 bits per heavy atom. The Bertz CT molecular complexity index is 792. The summed E-state index contributed by atoms with van der Waals surface area (Å²) in [6.07, 6.45) is -7.06. The van der Waals surface area contributed by atoms with Gasteiger partial charge in [0.2, 0.25) is 6.79 Å². The van der Waals surface area contributed by atoms with Crippen LogP contribution in [0.5, 0.6) is 5.75 Å². The maximum Gasteiger partial charge on any atom is 0.369 e. The van der Waals surface area contributed by atoms with E-state index in [0.717, 1.165) is 6.07 Å². The van der Waals surface area contributed by atoms with E-state index in [2.05, 4.69) is 10.1 Å². The summed E-state index contributed by atoms with van der Waals surface area (Å²) >= 11 is 0. The number of phenols is 1. The number of likely N-dealkylation sites (N-methyl/N-ethyl adjacent to an activating group) is 1. The summed E-state index contributed by atoms with van der Waals surface area (Å²) in [5.74, 6) is -5.68. The lowest BCUT2D eigenvalue weighted by Crippen LogP contribution is -2.66. The number of nitrogens with one attached hydrogen (secondary N) is 1. The minimum absolute atomic E-state index is 0.175. The molecule has 0 saturated carbocycles. The lowest BCUT2D eigenvalue weighted by molar-refractivity contribution is -0.299. The highest BCUT2D eigenvalue weighted by atomic mass is 16.7. The highest BCUT2D eigenvalue weighted by Gasteiger charge is 2.54. The largest absolute Gasteiger partial charge is 0.507 e. The number of esters is 2. The van der Waals surface area contributed by atoms with Gasteiger partial charge in [0, 0.05) is 12.1 Å². The fourth-order valence-corrected chi connectivity index (χ4v) is 3.12. The van der Waals surface area contributed by atoms with Gasteiger partial charge >= 0.3 is 11.9 Å². The van der Waals surface area contributed by atoms with Gasteiger partial charge in [-0.1, -0.05) is 0 Å². The van der Waals surface area contributed by atoms with Crippen molar-refractivity contribution >= 4 is 17.6 Å². The fourth-order valence-electron chi connectivity index (χ4n) is 3.12. The first-order valence-corrected chi connectivity index (χ1v) is 9.19. The number of aromatic hydroxyl groups is 1. The van der Waals surface area contributed by atoms with Crippen LogP contribution in [0.1, 0.15) is 16.8 Å². The normalized spacial score (nSPS) is 27.9. The van der Waals surface area contributed by atoms with E-state index >= 15 is 0 Å². The average Bonchev–Trinajstić information content (AvgIpc) is 2.73. The van der Waals surface area contributed by atoms with Crippen molar-refractivity contribution in [2.24, 2.45) is 0 Å². The third-order valence-corrected chi connectivity index (χ3v) is 4.78. The maximum absolute atomic E-state index is 12.3. The highest BCUT2D eigenvalue weighted by Crippen LogP contribution is 2.31. The summed E-state index contributed by atoms with van der Waals surface area (Å²) in [6, 6.07) is 2.66. The Morgan fingerprint density at radius 1 is 1.35 bits per heavy atom. The van der Waals surface area contributed by atoms with Crippen molar-refractivity contribution in [3.8, 4) is 5.75 Å². The third-order valence-electron chi connectivity index (χ3n) is 4.78. The summed E-state index contributed by atoms with van der Waals surface area (Å²) in [5, 5.41) is 61.9. The van der Waals surface area contributed by atoms with Gasteiger partial charge in [0.25, 0.3) is 5.79 Å². The van der Waals surface area contributed by atoms with E-state index in [4.69, 9.17) is 20.3 Å². The number of carbonyl (C=O) groups is 2. The maximum atomic E-state index is 12.3. The Hall–Kier alpha value is -2.52. The smallest absolute Gasteiger partial charge is 0.369 e. The second-order valence-electron chi connectivity index (χ2n) is 6.95. The zero-order valence-corrected chi connectivity index (χ0v) is 16.5. The predicted octanol–water partition coefficient (Wildman–Crippen LogP) is -3.23. The molecule has 0 spiro atoms. The van der Waals surface area contributed by atoms with Crippen LogP contribution in [0.3, 0.4) is 0 Å². The van der Waals surface area contributed by atoms with E-state index in [1.165, 1.54) is 19.2 Å². The van der Waals surface area contributed by atoms with Crippen molar-refractivity contribution in [3.05, 3.63) is 23.8 Å². The molecule has 0 radical (unpaired) electrons. The summed E-state index contributed by atoms with van der Waals surface area (Å²) in [4.78, 5) is 24.3. The van der Waals surface area contributed by atoms with Crippen LogP contribution in [0.4, 0.5) is 5.69 Å². The molecule has 4 unspecified atom stereocenters. The molecule has 0 aliphatic carbocycles. The number of nitrogen functional groups attached to an aromatic ring is 1. The van der Waals surface area contributed by atoms with E-state index in [1.807, 2.05) is 0 Å². The number of aliphatic hydroxyl groups excluding tert-OH is 4. The molecule has 6 atom stereocenters. The number of ether oxygens (including phenoxy) is 3. The van der Waals surface area contributed by atoms with Crippen molar-refractivity contribution in [3.63, 3.8) is 0 Å². The Balaban J connectivity index is 2.04. The van der Waals surface area contributed by atoms with Crippen LogP contribution in [-0.4, -0.2) is 99.3 Å². The topological polar surface area (TPSA) is 221 Å². The Labute approximate surface area is 176 Å². The first-order valence-electron chi connectivity index (χ1n) is 9.19. The van der Waals surface area contributed by atoms with E-state index in [9.17, 15) is 35.1 Å². The van der Waals surface area contributed by atoms with Gasteiger partial charge in [-0.3, -0.25) is 0 Å². The molecular formula is C18H26N2O11. The van der Waals surface area contributed by atoms with Gasteiger partial charge < -0.3 is 55.9 Å². The predicted molar refractivity (Wildman–Crippen MR) is 101 cm³/mol. The van der Waals surface area contributed by atoms with E-state index in [-0.39, 0.29) is 11.3 Å². The molecule has 1 saturated heterocycles. The summed E-state index contributed by atoms with van der Waals surface area (Å²) < 4.78 is 14.6. The molecule has 0 amide bonds. The van der Waals surface area contributed by atoms with Crippen LogP contribution in [0.2, 0.25) is 0 Å². The quantitative estimate of drug-likeness (QED) is 0.0852. The number of aliphatic hydroxyl groups is 5. The number of nitrogens with two attached hydrogens (primary N) is 1. The van der Waals surface area contributed by atoms with Gasteiger partial charge in [-0.2, -0.15) is 0 Å². The van der Waals surface area contributed by atoms with Crippen LogP contribution >= 0.6 is 0 Å². The van der Waals surface area contributed by atoms with Crippen LogP contribution in [0.15, 0.2) is 18.2 Å². The summed E-state index contributed by atoms with van der Waals surface area (Å²) in [7, 11) is 1.41. The summed E-state index contributed by atoms with van der Waals surface area (Å²) in [5.41, 5.74) is 5.42. The molecule has 13 heteroatoms. The lowest BCUT2D eigenvalue weighted by atomic mass is 9.89. The molecule has 1 aliphatic heterocycles. The molecule has 13 nitrogen and oxygen atoms in total. The number of anilines is 1. The SMILES string of the molecule is CNC1[C@H](C(O)C(O)CO)OC(O)(C(=O)OCOC(=O)c2cc(N)ccc2O)C[C@H]1O. The van der Waals surface area contributed by atoms with Crippen molar-refractivity contribution in [2.45, 2.75) is 42.7 Å². The number of hydrogen-bond donors (Lipinski definition) is 8. The molecule has 1 heterocycles. The molecule has 1 aliphatic rings. The molecule has 2 rings (SSSR count).